The summed E-state index contributed by atoms with van der Waals surface area (Å²) in [6.45, 7) is 1.62. The molecule has 1 aromatic rings. The van der Waals surface area contributed by atoms with Crippen molar-refractivity contribution in [1.29, 1.82) is 0 Å². The second-order valence-corrected chi connectivity index (χ2v) is 3.67. The average molecular weight is 193 g/mol. The standard InChI is InChI=1S/C11H12FNO/c1-11(7-12)8-13-10(14-11)9-5-3-2-4-6-9/h2-6H,7-8H2,1H3/t11-/m0/s1. The van der Waals surface area contributed by atoms with E-state index in [1.165, 1.54) is 0 Å². The van der Waals surface area contributed by atoms with Crippen LogP contribution in [0.3, 0.4) is 0 Å². The van der Waals surface area contributed by atoms with Crippen LogP contribution in [-0.4, -0.2) is 24.7 Å². The first-order valence-electron chi connectivity index (χ1n) is 4.58. The van der Waals surface area contributed by atoms with Gasteiger partial charge in [0.25, 0.3) is 0 Å². The molecular weight excluding hydrogens is 181 g/mol. The number of alkyl halides is 1. The van der Waals surface area contributed by atoms with Crippen LogP contribution in [0, 0.1) is 0 Å². The molecule has 0 spiro atoms. The van der Waals surface area contributed by atoms with Crippen molar-refractivity contribution in [2.24, 2.45) is 4.99 Å². The molecule has 0 bridgehead atoms. The number of hydrogen-bond acceptors (Lipinski definition) is 2. The van der Waals surface area contributed by atoms with Gasteiger partial charge < -0.3 is 4.74 Å². The third-order valence-electron chi connectivity index (χ3n) is 2.20. The number of rotatable bonds is 2. The largest absolute Gasteiger partial charge is 0.466 e. The smallest absolute Gasteiger partial charge is 0.216 e. The highest BCUT2D eigenvalue weighted by Crippen LogP contribution is 2.21. The van der Waals surface area contributed by atoms with E-state index in [-0.39, 0.29) is 0 Å². The molecule has 1 aliphatic rings. The molecule has 14 heavy (non-hydrogen) atoms. The zero-order chi connectivity index (χ0) is 10.0. The fourth-order valence-electron chi connectivity index (χ4n) is 1.34. The van der Waals surface area contributed by atoms with E-state index in [1.807, 2.05) is 30.3 Å². The number of benzene rings is 1. The van der Waals surface area contributed by atoms with Crippen molar-refractivity contribution in [2.75, 3.05) is 13.2 Å². The predicted molar refractivity (Wildman–Crippen MR) is 53.3 cm³/mol. The fourth-order valence-corrected chi connectivity index (χ4v) is 1.34. The summed E-state index contributed by atoms with van der Waals surface area (Å²) in [6, 6.07) is 9.55. The van der Waals surface area contributed by atoms with Gasteiger partial charge in [0.05, 0.1) is 6.54 Å². The van der Waals surface area contributed by atoms with Gasteiger partial charge in [-0.2, -0.15) is 0 Å². The van der Waals surface area contributed by atoms with Gasteiger partial charge in [0, 0.05) is 5.56 Å². The third-order valence-corrected chi connectivity index (χ3v) is 2.20. The lowest BCUT2D eigenvalue weighted by molar-refractivity contribution is 0.0778. The van der Waals surface area contributed by atoms with E-state index in [4.69, 9.17) is 4.74 Å². The monoisotopic (exact) mass is 193 g/mol. The molecule has 0 aromatic heterocycles. The Hall–Kier alpha value is -1.38. The van der Waals surface area contributed by atoms with Crippen LogP contribution < -0.4 is 0 Å². The van der Waals surface area contributed by atoms with Gasteiger partial charge in [0.15, 0.2) is 5.60 Å². The fraction of sp³-hybridized carbons (Fsp3) is 0.364. The van der Waals surface area contributed by atoms with Gasteiger partial charge in [-0.25, -0.2) is 9.38 Å². The van der Waals surface area contributed by atoms with Crippen LogP contribution in [-0.2, 0) is 4.74 Å². The maximum atomic E-state index is 12.6. The van der Waals surface area contributed by atoms with Crippen LogP contribution in [0.25, 0.3) is 0 Å². The molecule has 1 aliphatic heterocycles. The molecule has 1 aromatic carbocycles. The molecule has 2 rings (SSSR count). The van der Waals surface area contributed by atoms with E-state index < -0.39 is 12.3 Å². The summed E-state index contributed by atoms with van der Waals surface area (Å²) in [5.74, 6) is 0.547. The Kier molecular flexibility index (Phi) is 2.23. The minimum atomic E-state index is -0.759. The Bertz CT molecular complexity index is 350. The van der Waals surface area contributed by atoms with Crippen molar-refractivity contribution in [3.63, 3.8) is 0 Å². The number of nitrogens with zero attached hydrogens (tertiary/aromatic N) is 1. The van der Waals surface area contributed by atoms with Gasteiger partial charge in [0.1, 0.15) is 6.67 Å². The first-order chi connectivity index (χ1) is 6.73. The van der Waals surface area contributed by atoms with Crippen LogP contribution in [0.15, 0.2) is 35.3 Å². The van der Waals surface area contributed by atoms with Crippen molar-refractivity contribution >= 4 is 5.90 Å². The van der Waals surface area contributed by atoms with Crippen molar-refractivity contribution < 1.29 is 9.13 Å². The SMILES string of the molecule is C[C@]1(CF)CN=C(c2ccccc2)O1. The second-order valence-electron chi connectivity index (χ2n) is 3.67. The van der Waals surface area contributed by atoms with Crippen molar-refractivity contribution in [3.05, 3.63) is 35.9 Å². The lowest BCUT2D eigenvalue weighted by atomic mass is 10.1. The van der Waals surface area contributed by atoms with Crippen LogP contribution in [0.2, 0.25) is 0 Å². The van der Waals surface area contributed by atoms with E-state index in [9.17, 15) is 4.39 Å². The Morgan fingerprint density at radius 2 is 2.14 bits per heavy atom. The highest BCUT2D eigenvalue weighted by atomic mass is 19.1. The molecule has 2 nitrogen and oxygen atoms in total. The zero-order valence-electron chi connectivity index (χ0n) is 8.03. The first-order valence-corrected chi connectivity index (χ1v) is 4.58. The Labute approximate surface area is 82.4 Å². The molecule has 0 N–H and O–H groups in total. The van der Waals surface area contributed by atoms with Gasteiger partial charge in [0.2, 0.25) is 5.90 Å². The summed E-state index contributed by atoms with van der Waals surface area (Å²) >= 11 is 0. The van der Waals surface area contributed by atoms with Crippen LogP contribution in [0.5, 0.6) is 0 Å². The Morgan fingerprint density at radius 3 is 2.71 bits per heavy atom. The number of aliphatic imine (C=N–C) groups is 1. The van der Waals surface area contributed by atoms with Crippen LogP contribution >= 0.6 is 0 Å². The minimum Gasteiger partial charge on any atom is -0.466 e. The highest BCUT2D eigenvalue weighted by Gasteiger charge is 2.33. The molecule has 1 heterocycles. The summed E-state index contributed by atoms with van der Waals surface area (Å²) in [4.78, 5) is 4.18. The summed E-state index contributed by atoms with van der Waals surface area (Å²) in [5.41, 5.74) is 0.148. The topological polar surface area (TPSA) is 21.6 Å². The molecule has 0 radical (unpaired) electrons. The highest BCUT2D eigenvalue weighted by molar-refractivity contribution is 5.95. The molecule has 74 valence electrons. The van der Waals surface area contributed by atoms with Gasteiger partial charge in [-0.15, -0.1) is 0 Å². The summed E-state index contributed by atoms with van der Waals surface area (Å²) < 4.78 is 18.0. The molecule has 1 atom stereocenters. The number of halogens is 1. The molecule has 0 amide bonds. The zero-order valence-corrected chi connectivity index (χ0v) is 8.03. The third kappa shape index (κ3) is 1.62. The van der Waals surface area contributed by atoms with Gasteiger partial charge in [-0.3, -0.25) is 0 Å². The van der Waals surface area contributed by atoms with Crippen molar-refractivity contribution in [1.82, 2.24) is 0 Å². The maximum Gasteiger partial charge on any atom is 0.216 e. The molecule has 3 heteroatoms. The van der Waals surface area contributed by atoms with E-state index >= 15 is 0 Å². The van der Waals surface area contributed by atoms with Crippen molar-refractivity contribution in [2.45, 2.75) is 12.5 Å². The quantitative estimate of drug-likeness (QED) is 0.705. The second kappa shape index (κ2) is 3.40. The molecule has 0 fully saturated rings. The summed E-state index contributed by atoms with van der Waals surface area (Å²) in [6.07, 6.45) is 0. The molecule has 0 saturated carbocycles. The van der Waals surface area contributed by atoms with E-state index in [1.54, 1.807) is 6.92 Å². The van der Waals surface area contributed by atoms with Crippen LogP contribution in [0.1, 0.15) is 12.5 Å². The van der Waals surface area contributed by atoms with Crippen molar-refractivity contribution in [3.8, 4) is 0 Å². The number of ether oxygens (including phenoxy) is 1. The number of hydrogen-bond donors (Lipinski definition) is 0. The summed E-state index contributed by atoms with van der Waals surface area (Å²) in [7, 11) is 0. The van der Waals surface area contributed by atoms with E-state index in [2.05, 4.69) is 4.99 Å². The first kappa shape index (κ1) is 9.19. The molecule has 0 unspecified atom stereocenters. The minimum absolute atomic E-state index is 0.397. The van der Waals surface area contributed by atoms with Gasteiger partial charge in [-0.05, 0) is 19.1 Å². The Morgan fingerprint density at radius 1 is 1.43 bits per heavy atom. The normalized spacial score (nSPS) is 25.7. The molecular formula is C11H12FNO. The van der Waals surface area contributed by atoms with Gasteiger partial charge >= 0.3 is 0 Å². The van der Waals surface area contributed by atoms with Gasteiger partial charge in [-0.1, -0.05) is 18.2 Å². The van der Waals surface area contributed by atoms with E-state index in [0.717, 1.165) is 5.56 Å². The summed E-state index contributed by atoms with van der Waals surface area (Å²) in [5, 5.41) is 0. The van der Waals surface area contributed by atoms with Crippen LogP contribution in [0.4, 0.5) is 4.39 Å². The lowest BCUT2D eigenvalue weighted by Crippen LogP contribution is -2.31. The molecule has 0 saturated heterocycles. The maximum absolute atomic E-state index is 12.6. The molecule has 0 aliphatic carbocycles. The average Bonchev–Trinajstić information content (AvgIpc) is 2.63. The van der Waals surface area contributed by atoms with E-state index in [0.29, 0.717) is 12.4 Å². The predicted octanol–water partition coefficient (Wildman–Crippen LogP) is 2.19. The Balaban J connectivity index is 2.17. The lowest BCUT2D eigenvalue weighted by Gasteiger charge is -2.19.